The van der Waals surface area contributed by atoms with Crippen LogP contribution in [0.25, 0.3) is 0 Å². The Hall–Kier alpha value is -0.820. The number of hydrogen-bond acceptors (Lipinski definition) is 1. The van der Waals surface area contributed by atoms with Crippen molar-refractivity contribution < 1.29 is 0 Å². The van der Waals surface area contributed by atoms with E-state index in [2.05, 4.69) is 50.2 Å². The lowest BCUT2D eigenvalue weighted by molar-refractivity contribution is 0.413. The normalized spacial score (nSPS) is 10.8. The van der Waals surface area contributed by atoms with E-state index >= 15 is 0 Å². The van der Waals surface area contributed by atoms with Crippen LogP contribution >= 0.6 is 0 Å². The molecule has 1 radical (unpaired) electrons. The Bertz CT molecular complexity index is 253. The molecule has 0 unspecified atom stereocenters. The molecule has 0 amide bonds. The first-order chi connectivity index (χ1) is 6.22. The van der Waals surface area contributed by atoms with Crippen molar-refractivity contribution in [2.75, 3.05) is 20.6 Å². The zero-order valence-electron chi connectivity index (χ0n) is 8.59. The van der Waals surface area contributed by atoms with Crippen molar-refractivity contribution in [3.63, 3.8) is 0 Å². The molecule has 0 aliphatic rings. The summed E-state index contributed by atoms with van der Waals surface area (Å²) in [6, 6.07) is 8.68. The van der Waals surface area contributed by atoms with Gasteiger partial charge in [0, 0.05) is 6.54 Å². The molecule has 1 nitrogen and oxygen atoms in total. The highest BCUT2D eigenvalue weighted by molar-refractivity contribution is 5.24. The largest absolute Gasteiger partial charge is 0.309 e. The van der Waals surface area contributed by atoms with Crippen LogP contribution in [0.4, 0.5) is 0 Å². The van der Waals surface area contributed by atoms with Gasteiger partial charge in [0.15, 0.2) is 0 Å². The van der Waals surface area contributed by atoms with Crippen LogP contribution in [-0.4, -0.2) is 25.5 Å². The molecule has 0 fully saturated rings. The van der Waals surface area contributed by atoms with Gasteiger partial charge in [0.1, 0.15) is 0 Å². The van der Waals surface area contributed by atoms with Gasteiger partial charge in [0.2, 0.25) is 0 Å². The molecule has 0 saturated heterocycles. The summed E-state index contributed by atoms with van der Waals surface area (Å²) in [6.07, 6.45) is 2.01. The van der Waals surface area contributed by atoms with Gasteiger partial charge in [-0.25, -0.2) is 0 Å². The first kappa shape index (κ1) is 10.3. The molecule has 1 aromatic carbocycles. The van der Waals surface area contributed by atoms with Crippen LogP contribution < -0.4 is 0 Å². The number of likely N-dealkylation sites (N-methyl/N-ethyl adjacent to an activating group) is 1. The van der Waals surface area contributed by atoms with E-state index in [4.69, 9.17) is 0 Å². The maximum Gasteiger partial charge on any atom is 0.00157 e. The van der Waals surface area contributed by atoms with Gasteiger partial charge in [-0.3, -0.25) is 0 Å². The first-order valence-corrected chi connectivity index (χ1v) is 4.74. The van der Waals surface area contributed by atoms with E-state index in [1.807, 2.05) is 0 Å². The van der Waals surface area contributed by atoms with E-state index in [0.29, 0.717) is 0 Å². The summed E-state index contributed by atoms with van der Waals surface area (Å²) in [6.45, 7) is 4.99. The molecule has 0 bridgehead atoms. The Morgan fingerprint density at radius 1 is 1.23 bits per heavy atom. The SMILES string of the molecule is [CH2]Cc1cccc(CCN(C)C)c1. The molecule has 71 valence electrons. The molecule has 0 aliphatic heterocycles. The summed E-state index contributed by atoms with van der Waals surface area (Å²) in [5, 5.41) is 0. The Morgan fingerprint density at radius 2 is 1.92 bits per heavy atom. The van der Waals surface area contributed by atoms with Gasteiger partial charge in [0.05, 0.1) is 0 Å². The summed E-state index contributed by atoms with van der Waals surface area (Å²) in [5.74, 6) is 0. The lowest BCUT2D eigenvalue weighted by Gasteiger charge is -2.09. The highest BCUT2D eigenvalue weighted by Gasteiger charge is 1.95. The molecule has 1 heteroatoms. The average molecular weight is 176 g/mol. The standard InChI is InChI=1S/C12H18N/c1-4-11-6-5-7-12(10-11)8-9-13(2)3/h5-7,10H,1,4,8-9H2,2-3H3. The quantitative estimate of drug-likeness (QED) is 0.679. The van der Waals surface area contributed by atoms with Crippen LogP contribution in [0, 0.1) is 6.92 Å². The molecule has 0 saturated carbocycles. The second-order valence-electron chi connectivity index (χ2n) is 3.62. The summed E-state index contributed by atoms with van der Waals surface area (Å²) in [4.78, 5) is 2.21. The lowest BCUT2D eigenvalue weighted by atomic mass is 10.1. The molecule has 0 spiro atoms. The van der Waals surface area contributed by atoms with Crippen molar-refractivity contribution in [3.05, 3.63) is 42.3 Å². The number of nitrogens with zero attached hydrogens (tertiary/aromatic N) is 1. The third-order valence-corrected chi connectivity index (χ3v) is 2.13. The van der Waals surface area contributed by atoms with E-state index in [0.717, 1.165) is 19.4 Å². The molecule has 0 aromatic heterocycles. The van der Waals surface area contributed by atoms with Crippen LogP contribution in [0.5, 0.6) is 0 Å². The minimum absolute atomic E-state index is 0.885. The van der Waals surface area contributed by atoms with E-state index in [-0.39, 0.29) is 0 Å². The van der Waals surface area contributed by atoms with Gasteiger partial charge in [-0.2, -0.15) is 0 Å². The smallest absolute Gasteiger partial charge is 0.00157 e. The Labute approximate surface area is 81.4 Å². The Balaban J connectivity index is 2.56. The Kier molecular flexibility index (Phi) is 3.97. The van der Waals surface area contributed by atoms with Gasteiger partial charge in [-0.05, 0) is 45.0 Å². The zero-order chi connectivity index (χ0) is 9.68. The maximum absolute atomic E-state index is 3.88. The fourth-order valence-electron chi connectivity index (χ4n) is 1.29. The lowest BCUT2D eigenvalue weighted by Crippen LogP contribution is -2.15. The van der Waals surface area contributed by atoms with E-state index in [1.54, 1.807) is 0 Å². The van der Waals surface area contributed by atoms with Crippen LogP contribution in [0.1, 0.15) is 11.1 Å². The van der Waals surface area contributed by atoms with Gasteiger partial charge in [-0.1, -0.05) is 24.3 Å². The zero-order valence-corrected chi connectivity index (χ0v) is 8.59. The van der Waals surface area contributed by atoms with E-state index in [1.165, 1.54) is 11.1 Å². The minimum atomic E-state index is 0.885. The molecular formula is C12H18N. The molecule has 13 heavy (non-hydrogen) atoms. The highest BCUT2D eigenvalue weighted by Crippen LogP contribution is 2.06. The fourth-order valence-corrected chi connectivity index (χ4v) is 1.29. The molecule has 1 aromatic rings. The summed E-state index contributed by atoms with van der Waals surface area (Å²) < 4.78 is 0. The van der Waals surface area contributed by atoms with Crippen molar-refractivity contribution >= 4 is 0 Å². The predicted molar refractivity (Wildman–Crippen MR) is 57.8 cm³/mol. The second kappa shape index (κ2) is 5.03. The van der Waals surface area contributed by atoms with E-state index in [9.17, 15) is 0 Å². The summed E-state index contributed by atoms with van der Waals surface area (Å²) in [5.41, 5.74) is 2.74. The van der Waals surface area contributed by atoms with Crippen molar-refractivity contribution in [1.29, 1.82) is 0 Å². The third-order valence-electron chi connectivity index (χ3n) is 2.13. The molecule has 0 aliphatic carbocycles. The average Bonchev–Trinajstić information content (AvgIpc) is 2.15. The van der Waals surface area contributed by atoms with Gasteiger partial charge in [0.25, 0.3) is 0 Å². The van der Waals surface area contributed by atoms with Gasteiger partial charge in [-0.15, -0.1) is 0 Å². The highest BCUT2D eigenvalue weighted by atomic mass is 15.0. The molecule has 1 rings (SSSR count). The van der Waals surface area contributed by atoms with Crippen LogP contribution in [0.15, 0.2) is 24.3 Å². The van der Waals surface area contributed by atoms with Crippen LogP contribution in [0.2, 0.25) is 0 Å². The van der Waals surface area contributed by atoms with Crippen molar-refractivity contribution in [2.45, 2.75) is 12.8 Å². The summed E-state index contributed by atoms with van der Waals surface area (Å²) in [7, 11) is 4.20. The molecule has 0 atom stereocenters. The van der Waals surface area contributed by atoms with Crippen LogP contribution in [-0.2, 0) is 12.8 Å². The molecular weight excluding hydrogens is 158 g/mol. The van der Waals surface area contributed by atoms with Crippen LogP contribution in [0.3, 0.4) is 0 Å². The van der Waals surface area contributed by atoms with Crippen molar-refractivity contribution in [3.8, 4) is 0 Å². The minimum Gasteiger partial charge on any atom is -0.309 e. The van der Waals surface area contributed by atoms with Crippen molar-refractivity contribution in [2.24, 2.45) is 0 Å². The fraction of sp³-hybridized carbons (Fsp3) is 0.417. The number of rotatable bonds is 4. The van der Waals surface area contributed by atoms with E-state index < -0.39 is 0 Å². The Morgan fingerprint density at radius 3 is 2.54 bits per heavy atom. The predicted octanol–water partition coefficient (Wildman–Crippen LogP) is 2.17. The monoisotopic (exact) mass is 176 g/mol. The molecule has 0 heterocycles. The number of benzene rings is 1. The maximum atomic E-state index is 3.88. The third kappa shape index (κ3) is 3.60. The first-order valence-electron chi connectivity index (χ1n) is 4.74. The molecule has 0 N–H and O–H groups in total. The van der Waals surface area contributed by atoms with Gasteiger partial charge >= 0.3 is 0 Å². The second-order valence-corrected chi connectivity index (χ2v) is 3.62. The summed E-state index contributed by atoms with van der Waals surface area (Å²) >= 11 is 0. The van der Waals surface area contributed by atoms with Gasteiger partial charge < -0.3 is 4.90 Å². The number of hydrogen-bond donors (Lipinski definition) is 0. The van der Waals surface area contributed by atoms with Crippen molar-refractivity contribution in [1.82, 2.24) is 4.90 Å². The topological polar surface area (TPSA) is 3.24 Å².